The van der Waals surface area contributed by atoms with E-state index in [9.17, 15) is 26.4 Å². The third kappa shape index (κ3) is 4.97. The van der Waals surface area contributed by atoms with Crippen molar-refractivity contribution in [3.63, 3.8) is 0 Å². The Morgan fingerprint density at radius 3 is 2.59 bits per heavy atom. The van der Waals surface area contributed by atoms with Gasteiger partial charge >= 0.3 is 6.18 Å². The standard InChI is InChI=1S/C20H21F3N2O3S/c1-2-10-29(27,28)25-9-8-14-6-7-18(12-16(14)13-25)24-19(26)15-4-3-5-17(11-15)20(21,22)23/h3-7,11-12H,2,8-10,13H2,1H3,(H,24,26). The molecule has 1 N–H and O–H groups in total. The van der Waals surface area contributed by atoms with Crippen molar-refractivity contribution in [2.24, 2.45) is 0 Å². The lowest BCUT2D eigenvalue weighted by atomic mass is 10.0. The molecule has 0 unspecified atom stereocenters. The molecule has 1 amide bonds. The SMILES string of the molecule is CCCS(=O)(=O)N1CCc2ccc(NC(=O)c3cccc(C(F)(F)F)c3)cc2C1. The van der Waals surface area contributed by atoms with Gasteiger partial charge in [0.15, 0.2) is 0 Å². The molecule has 1 heterocycles. The molecule has 1 aliphatic heterocycles. The first-order chi connectivity index (χ1) is 13.6. The highest BCUT2D eigenvalue weighted by Gasteiger charge is 2.31. The number of fused-ring (bicyclic) bond motifs is 1. The van der Waals surface area contributed by atoms with Gasteiger partial charge in [0, 0.05) is 24.3 Å². The third-order valence-electron chi connectivity index (χ3n) is 4.75. The fourth-order valence-electron chi connectivity index (χ4n) is 3.27. The van der Waals surface area contributed by atoms with Gasteiger partial charge in [-0.25, -0.2) is 8.42 Å². The molecular weight excluding hydrogens is 405 g/mol. The number of alkyl halides is 3. The summed E-state index contributed by atoms with van der Waals surface area (Å²) in [6.45, 7) is 2.42. The molecule has 29 heavy (non-hydrogen) atoms. The largest absolute Gasteiger partial charge is 0.416 e. The number of amides is 1. The zero-order valence-electron chi connectivity index (χ0n) is 15.8. The smallest absolute Gasteiger partial charge is 0.322 e. The Hall–Kier alpha value is -2.39. The van der Waals surface area contributed by atoms with Crippen LogP contribution in [-0.2, 0) is 29.2 Å². The van der Waals surface area contributed by atoms with Crippen molar-refractivity contribution >= 4 is 21.6 Å². The van der Waals surface area contributed by atoms with Gasteiger partial charge in [-0.2, -0.15) is 17.5 Å². The van der Waals surface area contributed by atoms with Gasteiger partial charge in [0.2, 0.25) is 10.0 Å². The highest BCUT2D eigenvalue weighted by Crippen LogP contribution is 2.30. The highest BCUT2D eigenvalue weighted by atomic mass is 32.2. The quantitative estimate of drug-likeness (QED) is 0.784. The summed E-state index contributed by atoms with van der Waals surface area (Å²) in [4.78, 5) is 12.4. The molecule has 0 fully saturated rings. The summed E-state index contributed by atoms with van der Waals surface area (Å²) in [6.07, 6.45) is -3.44. The lowest BCUT2D eigenvalue weighted by Crippen LogP contribution is -2.37. The normalized spacial score (nSPS) is 15.0. The Morgan fingerprint density at radius 2 is 1.90 bits per heavy atom. The second-order valence-electron chi connectivity index (χ2n) is 6.92. The molecule has 2 aromatic carbocycles. The number of carbonyl (C=O) groups is 1. The van der Waals surface area contributed by atoms with Crippen LogP contribution < -0.4 is 5.32 Å². The maximum atomic E-state index is 12.8. The van der Waals surface area contributed by atoms with Gasteiger partial charge in [0.1, 0.15) is 0 Å². The Morgan fingerprint density at radius 1 is 1.14 bits per heavy atom. The first kappa shape index (κ1) is 21.3. The molecule has 5 nitrogen and oxygen atoms in total. The second-order valence-corrected chi connectivity index (χ2v) is 9.00. The fourth-order valence-corrected chi connectivity index (χ4v) is 4.75. The van der Waals surface area contributed by atoms with Crippen molar-refractivity contribution in [3.05, 3.63) is 64.7 Å². The third-order valence-corrected chi connectivity index (χ3v) is 6.77. The van der Waals surface area contributed by atoms with Crippen molar-refractivity contribution in [1.29, 1.82) is 0 Å². The molecule has 2 aromatic rings. The van der Waals surface area contributed by atoms with Gasteiger partial charge in [-0.15, -0.1) is 0 Å². The molecule has 0 saturated carbocycles. The van der Waals surface area contributed by atoms with E-state index in [2.05, 4.69) is 5.32 Å². The van der Waals surface area contributed by atoms with Gasteiger partial charge in [-0.3, -0.25) is 4.79 Å². The number of hydrogen-bond donors (Lipinski definition) is 1. The van der Waals surface area contributed by atoms with Gasteiger partial charge < -0.3 is 5.32 Å². The molecular formula is C20H21F3N2O3S. The molecule has 156 valence electrons. The van der Waals surface area contributed by atoms with Crippen LogP contribution in [0.1, 0.15) is 40.4 Å². The van der Waals surface area contributed by atoms with Gasteiger partial charge in [0.25, 0.3) is 5.91 Å². The zero-order chi connectivity index (χ0) is 21.2. The fraction of sp³-hybridized carbons (Fsp3) is 0.350. The van der Waals surface area contributed by atoms with Crippen molar-refractivity contribution in [2.45, 2.75) is 32.5 Å². The van der Waals surface area contributed by atoms with Crippen molar-refractivity contribution in [3.8, 4) is 0 Å². The van der Waals surface area contributed by atoms with Gasteiger partial charge in [-0.05, 0) is 54.3 Å². The van der Waals surface area contributed by atoms with Crippen molar-refractivity contribution < 1.29 is 26.4 Å². The van der Waals surface area contributed by atoms with Crippen LogP contribution in [0.25, 0.3) is 0 Å². The first-order valence-corrected chi connectivity index (χ1v) is 10.8. The molecule has 0 bridgehead atoms. The van der Waals surface area contributed by atoms with Crippen LogP contribution in [0.2, 0.25) is 0 Å². The maximum Gasteiger partial charge on any atom is 0.416 e. The molecule has 1 aliphatic rings. The lowest BCUT2D eigenvalue weighted by molar-refractivity contribution is -0.137. The number of nitrogens with one attached hydrogen (secondary N) is 1. The summed E-state index contributed by atoms with van der Waals surface area (Å²) in [5.74, 6) is -0.587. The minimum atomic E-state index is -4.53. The topological polar surface area (TPSA) is 66.5 Å². The predicted molar refractivity (Wildman–Crippen MR) is 104 cm³/mol. The van der Waals surface area contributed by atoms with Gasteiger partial charge in [-0.1, -0.05) is 19.1 Å². The van der Waals surface area contributed by atoms with Crippen molar-refractivity contribution in [1.82, 2.24) is 4.31 Å². The minimum Gasteiger partial charge on any atom is -0.322 e. The first-order valence-electron chi connectivity index (χ1n) is 9.18. The Labute approximate surface area is 167 Å². The summed E-state index contributed by atoms with van der Waals surface area (Å²) in [7, 11) is -3.33. The van der Waals surface area contributed by atoms with Crippen LogP contribution in [0.4, 0.5) is 18.9 Å². The summed E-state index contributed by atoms with van der Waals surface area (Å²) >= 11 is 0. The van der Waals surface area contributed by atoms with E-state index in [1.807, 2.05) is 0 Å². The molecule has 0 aliphatic carbocycles. The average Bonchev–Trinajstić information content (AvgIpc) is 2.67. The highest BCUT2D eigenvalue weighted by molar-refractivity contribution is 7.89. The van der Waals surface area contributed by atoms with E-state index in [0.29, 0.717) is 25.1 Å². The summed E-state index contributed by atoms with van der Waals surface area (Å²) < 4.78 is 64.6. The van der Waals surface area contributed by atoms with E-state index in [4.69, 9.17) is 0 Å². The monoisotopic (exact) mass is 426 g/mol. The number of anilines is 1. The number of hydrogen-bond acceptors (Lipinski definition) is 3. The van der Waals surface area contributed by atoms with E-state index >= 15 is 0 Å². The molecule has 0 spiro atoms. The Balaban J connectivity index is 1.78. The zero-order valence-corrected chi connectivity index (χ0v) is 16.6. The van der Waals surface area contributed by atoms with E-state index in [1.54, 1.807) is 25.1 Å². The average molecular weight is 426 g/mol. The lowest BCUT2D eigenvalue weighted by Gasteiger charge is -2.28. The van der Waals surface area contributed by atoms with Crippen LogP contribution in [0.3, 0.4) is 0 Å². The molecule has 3 rings (SSSR count). The van der Waals surface area contributed by atoms with Crippen LogP contribution in [0.15, 0.2) is 42.5 Å². The number of sulfonamides is 1. The molecule has 0 radical (unpaired) electrons. The number of nitrogens with zero attached hydrogens (tertiary/aromatic N) is 1. The Kier molecular flexibility index (Phi) is 6.00. The molecule has 0 saturated heterocycles. The van der Waals surface area contributed by atoms with Crippen LogP contribution in [-0.4, -0.2) is 30.9 Å². The van der Waals surface area contributed by atoms with E-state index < -0.39 is 27.7 Å². The Bertz CT molecular complexity index is 1020. The molecule has 9 heteroatoms. The molecule has 0 atom stereocenters. The summed E-state index contributed by atoms with van der Waals surface area (Å²) in [5, 5.41) is 2.59. The predicted octanol–water partition coefficient (Wildman–Crippen LogP) is 4.06. The number of rotatable bonds is 5. The van der Waals surface area contributed by atoms with Crippen LogP contribution in [0.5, 0.6) is 0 Å². The second kappa shape index (κ2) is 8.16. The van der Waals surface area contributed by atoms with Crippen LogP contribution in [0, 0.1) is 0 Å². The van der Waals surface area contributed by atoms with E-state index in [1.165, 1.54) is 16.4 Å². The number of benzene rings is 2. The van der Waals surface area contributed by atoms with E-state index in [0.717, 1.165) is 23.3 Å². The van der Waals surface area contributed by atoms with Crippen molar-refractivity contribution in [2.75, 3.05) is 17.6 Å². The van der Waals surface area contributed by atoms with E-state index in [-0.39, 0.29) is 17.9 Å². The maximum absolute atomic E-state index is 12.8. The van der Waals surface area contributed by atoms with Crippen LogP contribution >= 0.6 is 0 Å². The number of halogens is 3. The minimum absolute atomic E-state index is 0.0777. The van der Waals surface area contributed by atoms with Gasteiger partial charge in [0.05, 0.1) is 11.3 Å². The number of carbonyl (C=O) groups excluding carboxylic acids is 1. The summed E-state index contributed by atoms with van der Waals surface area (Å²) in [6, 6.07) is 9.34. The summed E-state index contributed by atoms with van der Waals surface area (Å²) in [5.41, 5.74) is 1.17. The molecule has 0 aromatic heterocycles.